The number of carbonyl (C=O) groups is 3. The number of carboxylic acid groups (broad SMARTS) is 1. The van der Waals surface area contributed by atoms with Crippen LogP contribution in [0.25, 0.3) is 0 Å². The number of aliphatic hydroxyl groups excluding tert-OH is 2. The minimum atomic E-state index is -1.30. The van der Waals surface area contributed by atoms with Gasteiger partial charge >= 0.3 is 5.97 Å². The van der Waals surface area contributed by atoms with Crippen molar-refractivity contribution in [1.82, 2.24) is 10.2 Å². The summed E-state index contributed by atoms with van der Waals surface area (Å²) in [6.07, 6.45) is -0.348. The Kier molecular flexibility index (Phi) is 6.06. The van der Waals surface area contributed by atoms with Gasteiger partial charge in [-0.1, -0.05) is 0 Å². The Morgan fingerprint density at radius 1 is 1.43 bits per heavy atom. The van der Waals surface area contributed by atoms with E-state index in [9.17, 15) is 19.5 Å². The molecule has 1 saturated heterocycles. The van der Waals surface area contributed by atoms with Crippen molar-refractivity contribution in [2.24, 2.45) is 5.73 Å². The SMILES string of the molecule is CC(O)C(NC(=O)C(N)CO)C(=O)N1CCCC1C(=O)O. The summed E-state index contributed by atoms with van der Waals surface area (Å²) < 4.78 is 0. The predicted octanol–water partition coefficient (Wildman–Crippen LogP) is -2.75. The summed E-state index contributed by atoms with van der Waals surface area (Å²) in [4.78, 5) is 36.2. The molecule has 1 aliphatic rings. The maximum atomic E-state index is 12.3. The molecule has 1 rings (SSSR count). The average Bonchev–Trinajstić information content (AvgIpc) is 2.91. The summed E-state index contributed by atoms with van der Waals surface area (Å²) in [6, 6.07) is -3.47. The summed E-state index contributed by atoms with van der Waals surface area (Å²) in [6.45, 7) is 0.953. The van der Waals surface area contributed by atoms with Gasteiger partial charge in [-0.15, -0.1) is 0 Å². The second-order valence-electron chi connectivity index (χ2n) is 5.04. The molecule has 0 aromatic rings. The van der Waals surface area contributed by atoms with E-state index in [2.05, 4.69) is 5.32 Å². The molecule has 0 saturated carbocycles. The molecule has 0 aromatic heterocycles. The zero-order valence-corrected chi connectivity index (χ0v) is 11.7. The molecule has 1 heterocycles. The van der Waals surface area contributed by atoms with Crippen molar-refractivity contribution in [1.29, 1.82) is 0 Å². The highest BCUT2D eigenvalue weighted by molar-refractivity contribution is 5.92. The number of nitrogens with one attached hydrogen (secondary N) is 1. The van der Waals surface area contributed by atoms with E-state index in [4.69, 9.17) is 15.9 Å². The van der Waals surface area contributed by atoms with Gasteiger partial charge in [-0.05, 0) is 19.8 Å². The molecule has 1 fully saturated rings. The molecule has 1 aliphatic heterocycles. The minimum absolute atomic E-state index is 0.251. The van der Waals surface area contributed by atoms with Crippen LogP contribution in [0.4, 0.5) is 0 Å². The Bertz CT molecular complexity index is 414. The standard InChI is InChI=1S/C12H21N3O6/c1-6(17)9(14-10(18)7(13)5-16)11(19)15-4-2-3-8(15)12(20)21/h6-9,16-17H,2-5,13H2,1H3,(H,14,18)(H,20,21). The monoisotopic (exact) mass is 303 g/mol. The van der Waals surface area contributed by atoms with E-state index >= 15 is 0 Å². The molecule has 0 spiro atoms. The second kappa shape index (κ2) is 7.34. The second-order valence-corrected chi connectivity index (χ2v) is 5.04. The smallest absolute Gasteiger partial charge is 0.326 e. The van der Waals surface area contributed by atoms with Gasteiger partial charge in [0.05, 0.1) is 12.7 Å². The zero-order valence-electron chi connectivity index (χ0n) is 11.7. The minimum Gasteiger partial charge on any atom is -0.480 e. The molecule has 0 aromatic carbocycles. The fourth-order valence-corrected chi connectivity index (χ4v) is 2.20. The summed E-state index contributed by atoms with van der Waals surface area (Å²) in [7, 11) is 0. The molecule has 0 bridgehead atoms. The number of aliphatic carboxylic acids is 1. The molecule has 0 aliphatic carbocycles. The lowest BCUT2D eigenvalue weighted by atomic mass is 10.1. The van der Waals surface area contributed by atoms with Crippen molar-refractivity contribution in [3.8, 4) is 0 Å². The summed E-state index contributed by atoms with van der Waals surface area (Å²) >= 11 is 0. The van der Waals surface area contributed by atoms with Gasteiger partial charge in [0.2, 0.25) is 11.8 Å². The molecule has 2 amide bonds. The van der Waals surface area contributed by atoms with Crippen molar-refractivity contribution < 1.29 is 29.7 Å². The first kappa shape index (κ1) is 17.3. The van der Waals surface area contributed by atoms with Crippen LogP contribution in [0, 0.1) is 0 Å². The van der Waals surface area contributed by atoms with Gasteiger partial charge in [-0.3, -0.25) is 9.59 Å². The molecule has 4 atom stereocenters. The quantitative estimate of drug-likeness (QED) is 0.356. The number of rotatable bonds is 6. The van der Waals surface area contributed by atoms with Crippen LogP contribution >= 0.6 is 0 Å². The third-order valence-corrected chi connectivity index (χ3v) is 3.40. The number of likely N-dealkylation sites (tertiary alicyclic amines) is 1. The van der Waals surface area contributed by atoms with Crippen LogP contribution in [0.2, 0.25) is 0 Å². The number of nitrogens with zero attached hydrogens (tertiary/aromatic N) is 1. The van der Waals surface area contributed by atoms with Crippen LogP contribution in [0.15, 0.2) is 0 Å². The highest BCUT2D eigenvalue weighted by atomic mass is 16.4. The Morgan fingerprint density at radius 3 is 2.52 bits per heavy atom. The molecule has 120 valence electrons. The molecular formula is C12H21N3O6. The lowest BCUT2D eigenvalue weighted by Gasteiger charge is -2.29. The fourth-order valence-electron chi connectivity index (χ4n) is 2.20. The molecule has 9 nitrogen and oxygen atoms in total. The number of hydrogen-bond donors (Lipinski definition) is 5. The molecule has 9 heteroatoms. The van der Waals surface area contributed by atoms with Crippen molar-refractivity contribution in [2.75, 3.05) is 13.2 Å². The Hall–Kier alpha value is -1.71. The van der Waals surface area contributed by atoms with Crippen molar-refractivity contribution in [2.45, 2.75) is 44.0 Å². The Morgan fingerprint density at radius 2 is 2.05 bits per heavy atom. The van der Waals surface area contributed by atoms with Gasteiger partial charge in [0.1, 0.15) is 18.1 Å². The van der Waals surface area contributed by atoms with E-state index in [0.717, 1.165) is 4.90 Å². The van der Waals surface area contributed by atoms with Crippen molar-refractivity contribution in [3.05, 3.63) is 0 Å². The number of hydrogen-bond acceptors (Lipinski definition) is 6. The average molecular weight is 303 g/mol. The number of carbonyl (C=O) groups excluding carboxylic acids is 2. The Labute approximate surface area is 121 Å². The number of carboxylic acids is 1. The van der Waals surface area contributed by atoms with Gasteiger partial charge in [-0.25, -0.2) is 4.79 Å². The molecule has 0 radical (unpaired) electrons. The maximum absolute atomic E-state index is 12.3. The highest BCUT2D eigenvalue weighted by Crippen LogP contribution is 2.19. The molecule has 6 N–H and O–H groups in total. The fraction of sp³-hybridized carbons (Fsp3) is 0.750. The maximum Gasteiger partial charge on any atom is 0.326 e. The first-order valence-corrected chi connectivity index (χ1v) is 6.67. The van der Waals surface area contributed by atoms with E-state index in [1.54, 1.807) is 0 Å². The lowest BCUT2D eigenvalue weighted by molar-refractivity contribution is -0.150. The molecule has 21 heavy (non-hydrogen) atoms. The van der Waals surface area contributed by atoms with Gasteiger partial charge in [-0.2, -0.15) is 0 Å². The largest absolute Gasteiger partial charge is 0.480 e. The van der Waals surface area contributed by atoms with E-state index in [0.29, 0.717) is 12.8 Å². The van der Waals surface area contributed by atoms with Crippen molar-refractivity contribution >= 4 is 17.8 Å². The third-order valence-electron chi connectivity index (χ3n) is 3.40. The third kappa shape index (κ3) is 4.13. The van der Waals surface area contributed by atoms with Crippen LogP contribution in [0.1, 0.15) is 19.8 Å². The first-order valence-electron chi connectivity index (χ1n) is 6.67. The van der Waals surface area contributed by atoms with Gasteiger partial charge in [0, 0.05) is 6.54 Å². The van der Waals surface area contributed by atoms with E-state index in [1.807, 2.05) is 0 Å². The zero-order chi connectivity index (χ0) is 16.2. The predicted molar refractivity (Wildman–Crippen MR) is 71.0 cm³/mol. The number of nitrogens with two attached hydrogens (primary N) is 1. The number of amides is 2. The van der Waals surface area contributed by atoms with Crippen LogP contribution in [-0.2, 0) is 14.4 Å². The van der Waals surface area contributed by atoms with E-state index in [-0.39, 0.29) is 6.54 Å². The van der Waals surface area contributed by atoms with E-state index in [1.165, 1.54) is 6.92 Å². The Balaban J connectivity index is 2.83. The van der Waals surface area contributed by atoms with Gasteiger partial charge in [0.25, 0.3) is 0 Å². The topological polar surface area (TPSA) is 153 Å². The van der Waals surface area contributed by atoms with Gasteiger partial charge < -0.3 is 31.3 Å². The van der Waals surface area contributed by atoms with Crippen LogP contribution in [-0.4, -0.2) is 75.4 Å². The molecule has 4 unspecified atom stereocenters. The summed E-state index contributed by atoms with van der Waals surface area (Å²) in [5.41, 5.74) is 5.33. The summed E-state index contributed by atoms with van der Waals surface area (Å²) in [5.74, 6) is -2.58. The highest BCUT2D eigenvalue weighted by Gasteiger charge is 2.39. The first-order chi connectivity index (χ1) is 9.79. The van der Waals surface area contributed by atoms with Crippen molar-refractivity contribution in [3.63, 3.8) is 0 Å². The number of aliphatic hydroxyl groups is 2. The lowest BCUT2D eigenvalue weighted by Crippen LogP contribution is -2.58. The van der Waals surface area contributed by atoms with E-state index < -0.39 is 48.6 Å². The normalized spacial score (nSPS) is 22.5. The molecular weight excluding hydrogens is 282 g/mol. The van der Waals surface area contributed by atoms with Crippen LogP contribution in [0.3, 0.4) is 0 Å². The van der Waals surface area contributed by atoms with Crippen LogP contribution in [0.5, 0.6) is 0 Å². The summed E-state index contributed by atoms with van der Waals surface area (Å²) in [5, 5.41) is 29.8. The van der Waals surface area contributed by atoms with Gasteiger partial charge in [0.15, 0.2) is 0 Å². The van der Waals surface area contributed by atoms with Crippen LogP contribution < -0.4 is 11.1 Å².